The van der Waals surface area contributed by atoms with Gasteiger partial charge in [-0.1, -0.05) is 6.07 Å². The van der Waals surface area contributed by atoms with Crippen LogP contribution in [0.15, 0.2) is 18.2 Å². The van der Waals surface area contributed by atoms with Gasteiger partial charge in [-0.25, -0.2) is 4.98 Å². The fourth-order valence-electron chi connectivity index (χ4n) is 1.81. The Kier molecular flexibility index (Phi) is 3.40. The average Bonchev–Trinajstić information content (AvgIpc) is 2.55. The van der Waals surface area contributed by atoms with Crippen LogP contribution < -0.4 is 5.73 Å². The van der Waals surface area contributed by atoms with Crippen LogP contribution in [0.3, 0.4) is 0 Å². The number of aromatic nitrogens is 1. The fourth-order valence-corrected chi connectivity index (χ4v) is 2.70. The highest BCUT2D eigenvalue weighted by atomic mass is 32.1. The Morgan fingerprint density at radius 3 is 3.06 bits per heavy atom. The van der Waals surface area contributed by atoms with Crippen molar-refractivity contribution in [2.24, 2.45) is 5.73 Å². The van der Waals surface area contributed by atoms with Crippen LogP contribution in [-0.4, -0.2) is 22.1 Å². The summed E-state index contributed by atoms with van der Waals surface area (Å²) in [5.74, 6) is -0.854. The first-order chi connectivity index (χ1) is 8.04. The minimum absolute atomic E-state index is 0.000243. The fraction of sp³-hybridized carbons (Fsp3) is 0.333. The summed E-state index contributed by atoms with van der Waals surface area (Å²) in [5.41, 5.74) is 7.82. The van der Waals surface area contributed by atoms with Crippen molar-refractivity contribution in [3.63, 3.8) is 0 Å². The lowest BCUT2D eigenvalue weighted by Crippen LogP contribution is -2.26. The van der Waals surface area contributed by atoms with Crippen LogP contribution in [0.4, 0.5) is 0 Å². The molecule has 90 valence electrons. The lowest BCUT2D eigenvalue weighted by Gasteiger charge is -2.08. The molecule has 0 aliphatic rings. The van der Waals surface area contributed by atoms with Crippen LogP contribution >= 0.6 is 11.3 Å². The largest absolute Gasteiger partial charge is 0.481 e. The van der Waals surface area contributed by atoms with Crippen molar-refractivity contribution in [3.05, 3.63) is 28.8 Å². The normalized spacial score (nSPS) is 12.8. The van der Waals surface area contributed by atoms with Crippen LogP contribution in [0.25, 0.3) is 10.2 Å². The first-order valence-corrected chi connectivity index (χ1v) is 6.19. The summed E-state index contributed by atoms with van der Waals surface area (Å²) < 4.78 is 1.13. The summed E-state index contributed by atoms with van der Waals surface area (Å²) in [7, 11) is 0. The minimum atomic E-state index is -0.854. The Bertz CT molecular complexity index is 550. The van der Waals surface area contributed by atoms with E-state index in [1.54, 1.807) is 11.3 Å². The summed E-state index contributed by atoms with van der Waals surface area (Å²) in [4.78, 5) is 14.9. The quantitative estimate of drug-likeness (QED) is 0.869. The number of nitrogens with two attached hydrogens (primary N) is 1. The first-order valence-electron chi connectivity index (χ1n) is 5.38. The predicted molar refractivity (Wildman–Crippen MR) is 68.3 cm³/mol. The van der Waals surface area contributed by atoms with E-state index in [1.807, 2.05) is 25.1 Å². The maximum atomic E-state index is 10.5. The molecule has 1 aromatic carbocycles. The van der Waals surface area contributed by atoms with E-state index in [-0.39, 0.29) is 12.5 Å². The number of fused-ring (bicyclic) bond motifs is 1. The number of aryl methyl sites for hydroxylation is 1. The molecule has 0 fully saturated rings. The SMILES string of the molecule is Cc1nc2ccc(CC(N)CC(=O)O)cc2s1. The van der Waals surface area contributed by atoms with Gasteiger partial charge in [0.05, 0.1) is 21.6 Å². The molecule has 1 atom stereocenters. The van der Waals surface area contributed by atoms with Crippen molar-refractivity contribution in [1.29, 1.82) is 0 Å². The molecule has 0 aliphatic carbocycles. The molecule has 1 aromatic heterocycles. The third kappa shape index (κ3) is 3.01. The Hall–Kier alpha value is -1.46. The Morgan fingerprint density at radius 1 is 1.59 bits per heavy atom. The second kappa shape index (κ2) is 4.81. The van der Waals surface area contributed by atoms with E-state index in [9.17, 15) is 4.79 Å². The second-order valence-electron chi connectivity index (χ2n) is 4.10. The highest BCUT2D eigenvalue weighted by Crippen LogP contribution is 2.23. The van der Waals surface area contributed by atoms with E-state index in [4.69, 9.17) is 10.8 Å². The van der Waals surface area contributed by atoms with Crippen molar-refractivity contribution in [1.82, 2.24) is 4.98 Å². The zero-order chi connectivity index (χ0) is 12.4. The molecule has 2 aromatic rings. The minimum Gasteiger partial charge on any atom is -0.481 e. The highest BCUT2D eigenvalue weighted by Gasteiger charge is 2.10. The van der Waals surface area contributed by atoms with Crippen molar-refractivity contribution in [2.45, 2.75) is 25.8 Å². The number of carboxylic acid groups (broad SMARTS) is 1. The molecule has 5 heteroatoms. The molecule has 17 heavy (non-hydrogen) atoms. The van der Waals surface area contributed by atoms with Crippen LogP contribution in [0, 0.1) is 6.92 Å². The monoisotopic (exact) mass is 250 g/mol. The molecule has 2 rings (SSSR count). The molecule has 0 aliphatic heterocycles. The van der Waals surface area contributed by atoms with E-state index >= 15 is 0 Å². The van der Waals surface area contributed by atoms with Crippen LogP contribution in [0.2, 0.25) is 0 Å². The number of carboxylic acids is 1. The smallest absolute Gasteiger partial charge is 0.304 e. The second-order valence-corrected chi connectivity index (χ2v) is 5.33. The van der Waals surface area contributed by atoms with Gasteiger partial charge in [0.2, 0.25) is 0 Å². The van der Waals surface area contributed by atoms with E-state index < -0.39 is 5.97 Å². The Morgan fingerprint density at radius 2 is 2.35 bits per heavy atom. The third-order valence-corrected chi connectivity index (χ3v) is 3.43. The summed E-state index contributed by atoms with van der Waals surface area (Å²) in [5, 5.41) is 9.68. The van der Waals surface area contributed by atoms with E-state index in [2.05, 4.69) is 4.98 Å². The van der Waals surface area contributed by atoms with Gasteiger partial charge in [-0.15, -0.1) is 11.3 Å². The molecule has 0 bridgehead atoms. The van der Waals surface area contributed by atoms with Crippen molar-refractivity contribution >= 4 is 27.5 Å². The molecule has 0 radical (unpaired) electrons. The molecule has 1 unspecified atom stereocenters. The lowest BCUT2D eigenvalue weighted by atomic mass is 10.0. The molecule has 1 heterocycles. The van der Waals surface area contributed by atoms with E-state index in [0.717, 1.165) is 20.8 Å². The number of thiazole rings is 1. The molecular formula is C12H14N2O2S. The Labute approximate surface area is 103 Å². The molecule has 0 saturated carbocycles. The van der Waals surface area contributed by atoms with E-state index in [0.29, 0.717) is 6.42 Å². The standard InChI is InChI=1S/C12H14N2O2S/c1-7-14-10-3-2-8(5-11(10)17-7)4-9(13)6-12(15)16/h2-3,5,9H,4,6,13H2,1H3,(H,15,16). The maximum absolute atomic E-state index is 10.5. The number of hydrogen-bond acceptors (Lipinski definition) is 4. The third-order valence-electron chi connectivity index (χ3n) is 2.49. The number of aliphatic carboxylic acids is 1. The number of nitrogens with zero attached hydrogens (tertiary/aromatic N) is 1. The maximum Gasteiger partial charge on any atom is 0.304 e. The number of benzene rings is 1. The van der Waals surface area contributed by atoms with Gasteiger partial charge in [-0.2, -0.15) is 0 Å². The van der Waals surface area contributed by atoms with Crippen LogP contribution in [0.5, 0.6) is 0 Å². The number of rotatable bonds is 4. The van der Waals surface area contributed by atoms with Gasteiger partial charge >= 0.3 is 5.97 Å². The Balaban J connectivity index is 2.16. The first kappa shape index (κ1) is 12.0. The van der Waals surface area contributed by atoms with Gasteiger partial charge in [-0.05, 0) is 31.0 Å². The van der Waals surface area contributed by atoms with Crippen molar-refractivity contribution in [2.75, 3.05) is 0 Å². The molecule has 4 nitrogen and oxygen atoms in total. The zero-order valence-corrected chi connectivity index (χ0v) is 10.3. The summed E-state index contributed by atoms with van der Waals surface area (Å²) in [6.45, 7) is 1.97. The van der Waals surface area contributed by atoms with Gasteiger partial charge in [0.15, 0.2) is 0 Å². The zero-order valence-electron chi connectivity index (χ0n) is 9.51. The number of hydrogen-bond donors (Lipinski definition) is 2. The predicted octanol–water partition coefficient (Wildman–Crippen LogP) is 1.95. The average molecular weight is 250 g/mol. The summed E-state index contributed by atoms with van der Waals surface area (Å²) >= 11 is 1.64. The lowest BCUT2D eigenvalue weighted by molar-refractivity contribution is -0.137. The number of carbonyl (C=O) groups is 1. The van der Waals surface area contributed by atoms with Crippen molar-refractivity contribution in [3.8, 4) is 0 Å². The molecule has 0 spiro atoms. The van der Waals surface area contributed by atoms with Gasteiger partial charge < -0.3 is 10.8 Å². The summed E-state index contributed by atoms with van der Waals surface area (Å²) in [6, 6.07) is 5.63. The van der Waals surface area contributed by atoms with Gasteiger partial charge in [0.25, 0.3) is 0 Å². The van der Waals surface area contributed by atoms with Gasteiger partial charge in [0, 0.05) is 6.04 Å². The molecular weight excluding hydrogens is 236 g/mol. The van der Waals surface area contributed by atoms with Gasteiger partial charge in [0.1, 0.15) is 0 Å². The molecule has 3 N–H and O–H groups in total. The highest BCUT2D eigenvalue weighted by molar-refractivity contribution is 7.18. The van der Waals surface area contributed by atoms with Gasteiger partial charge in [-0.3, -0.25) is 4.79 Å². The summed E-state index contributed by atoms with van der Waals surface area (Å²) in [6.07, 6.45) is 0.582. The van der Waals surface area contributed by atoms with Crippen molar-refractivity contribution < 1.29 is 9.90 Å². The van der Waals surface area contributed by atoms with E-state index in [1.165, 1.54) is 0 Å². The van der Waals surface area contributed by atoms with Crippen LogP contribution in [-0.2, 0) is 11.2 Å². The molecule has 0 saturated heterocycles. The molecule has 0 amide bonds. The topological polar surface area (TPSA) is 76.2 Å². The van der Waals surface area contributed by atoms with Crippen LogP contribution in [0.1, 0.15) is 17.0 Å².